The summed E-state index contributed by atoms with van der Waals surface area (Å²) >= 11 is 0. The maximum Gasteiger partial charge on any atom is 0.261 e. The number of hydrogen-bond acceptors (Lipinski definition) is 2. The Kier molecular flexibility index (Phi) is 9.01. The van der Waals surface area contributed by atoms with Crippen molar-refractivity contribution in [3.05, 3.63) is 121 Å². The van der Waals surface area contributed by atoms with Crippen molar-refractivity contribution in [3.63, 3.8) is 0 Å². The third-order valence-corrected chi connectivity index (χ3v) is 10.9. The van der Waals surface area contributed by atoms with Crippen LogP contribution < -0.4 is 10.4 Å². The van der Waals surface area contributed by atoms with Crippen LogP contribution in [0, 0.1) is 0 Å². The van der Waals surface area contributed by atoms with E-state index >= 15 is 0 Å². The lowest BCUT2D eigenvalue weighted by atomic mass is 10.1. The Hall–Kier alpha value is -2.72. The molecule has 0 aliphatic carbocycles. The van der Waals surface area contributed by atoms with Gasteiger partial charge in [-0.2, -0.15) is 0 Å². The minimum Gasteiger partial charge on any atom is -0.404 e. The molecule has 0 radical (unpaired) electrons. The van der Waals surface area contributed by atoms with Crippen LogP contribution in [0.4, 0.5) is 0 Å². The van der Waals surface area contributed by atoms with E-state index in [0.29, 0.717) is 13.2 Å². The van der Waals surface area contributed by atoms with E-state index in [9.17, 15) is 0 Å². The normalized spacial score (nSPS) is 13.2. The largest absolute Gasteiger partial charge is 0.404 e. The second-order valence-electron chi connectivity index (χ2n) is 9.20. The molecule has 0 aromatic heterocycles. The lowest BCUT2D eigenvalue weighted by molar-refractivity contribution is 0.0765. The van der Waals surface area contributed by atoms with Gasteiger partial charge in [0.25, 0.3) is 8.32 Å². The van der Waals surface area contributed by atoms with Crippen LogP contribution in [0.15, 0.2) is 116 Å². The predicted molar refractivity (Wildman–Crippen MR) is 143 cm³/mol. The fourth-order valence-electron chi connectivity index (χ4n) is 4.37. The Morgan fingerprint density at radius 2 is 1.27 bits per heavy atom. The number of benzene rings is 3. The van der Waals surface area contributed by atoms with Gasteiger partial charge in [-0.3, -0.25) is 0 Å². The molecule has 0 N–H and O–H groups in total. The van der Waals surface area contributed by atoms with E-state index in [1.807, 2.05) is 6.07 Å². The second kappa shape index (κ2) is 11.9. The summed E-state index contributed by atoms with van der Waals surface area (Å²) in [5.74, 6) is 0. The molecule has 3 rings (SSSR count). The van der Waals surface area contributed by atoms with Crippen LogP contribution in [0.3, 0.4) is 0 Å². The maximum absolute atomic E-state index is 6.93. The number of hydrogen-bond donors (Lipinski definition) is 0. The van der Waals surface area contributed by atoms with E-state index < -0.39 is 8.32 Å². The van der Waals surface area contributed by atoms with Crippen molar-refractivity contribution in [1.82, 2.24) is 0 Å². The van der Waals surface area contributed by atoms with Crippen LogP contribution in [-0.2, 0) is 9.16 Å². The van der Waals surface area contributed by atoms with Crippen molar-refractivity contribution in [2.45, 2.75) is 38.3 Å². The number of ether oxygens (including phenoxy) is 1. The lowest BCUT2D eigenvalue weighted by Crippen LogP contribution is -2.66. The Balaban J connectivity index is 1.81. The van der Waals surface area contributed by atoms with Crippen molar-refractivity contribution in [1.29, 1.82) is 0 Å². The lowest BCUT2D eigenvalue weighted by Gasteiger charge is -2.42. The summed E-state index contributed by atoms with van der Waals surface area (Å²) in [6, 6.07) is 31.9. The monoisotopic (exact) mass is 456 g/mol. The molecule has 0 heterocycles. The molecular formula is C30H36O2Si. The molecule has 0 spiro atoms. The van der Waals surface area contributed by atoms with Crippen LogP contribution >= 0.6 is 0 Å². The van der Waals surface area contributed by atoms with Crippen molar-refractivity contribution in [3.8, 4) is 0 Å². The zero-order valence-electron chi connectivity index (χ0n) is 20.1. The SMILES string of the molecule is C=CCO[C@H](C/C=C/CO[Si](c1ccccc1)(c1ccccc1)C(C)(C)C)c1ccccc1. The van der Waals surface area contributed by atoms with Crippen molar-refractivity contribution >= 4 is 18.7 Å². The van der Waals surface area contributed by atoms with Gasteiger partial charge in [0.15, 0.2) is 0 Å². The van der Waals surface area contributed by atoms with Gasteiger partial charge >= 0.3 is 0 Å². The minimum absolute atomic E-state index is 0.00770. The van der Waals surface area contributed by atoms with E-state index in [1.165, 1.54) is 15.9 Å². The van der Waals surface area contributed by atoms with Gasteiger partial charge in [0.05, 0.1) is 19.3 Å². The second-order valence-corrected chi connectivity index (χ2v) is 13.5. The molecule has 0 amide bonds. The molecule has 33 heavy (non-hydrogen) atoms. The van der Waals surface area contributed by atoms with E-state index in [2.05, 4.69) is 124 Å². The van der Waals surface area contributed by atoms with E-state index in [1.54, 1.807) is 6.08 Å². The summed E-state index contributed by atoms with van der Waals surface area (Å²) < 4.78 is 12.9. The van der Waals surface area contributed by atoms with Crippen molar-refractivity contribution in [2.24, 2.45) is 0 Å². The van der Waals surface area contributed by atoms with Crippen LogP contribution in [0.1, 0.15) is 38.9 Å². The average molecular weight is 457 g/mol. The van der Waals surface area contributed by atoms with Gasteiger partial charge in [0, 0.05) is 0 Å². The molecule has 0 saturated carbocycles. The van der Waals surface area contributed by atoms with E-state index in [0.717, 1.165) is 6.42 Å². The van der Waals surface area contributed by atoms with E-state index in [4.69, 9.17) is 9.16 Å². The van der Waals surface area contributed by atoms with Crippen LogP contribution in [0.2, 0.25) is 5.04 Å². The van der Waals surface area contributed by atoms with Crippen molar-refractivity contribution < 1.29 is 9.16 Å². The first-order valence-electron chi connectivity index (χ1n) is 11.7. The Morgan fingerprint density at radius 3 is 1.76 bits per heavy atom. The van der Waals surface area contributed by atoms with Gasteiger partial charge in [-0.1, -0.05) is 130 Å². The number of rotatable bonds is 11. The predicted octanol–water partition coefficient (Wildman–Crippen LogP) is 6.45. The molecule has 172 valence electrons. The summed E-state index contributed by atoms with van der Waals surface area (Å²) in [7, 11) is -2.51. The zero-order valence-corrected chi connectivity index (χ0v) is 21.1. The third kappa shape index (κ3) is 6.20. The molecular weight excluding hydrogens is 420 g/mol. The Morgan fingerprint density at radius 1 is 0.758 bits per heavy atom. The molecule has 3 heteroatoms. The molecule has 0 fully saturated rings. The zero-order chi connectivity index (χ0) is 23.6. The van der Waals surface area contributed by atoms with Crippen LogP contribution in [0.5, 0.6) is 0 Å². The van der Waals surface area contributed by atoms with Gasteiger partial charge < -0.3 is 9.16 Å². The fourth-order valence-corrected chi connectivity index (χ4v) is 8.88. The molecule has 0 saturated heterocycles. The standard InChI is InChI=1S/C30H36O2Si/c1-5-24-31-29(26-17-9-6-10-18-26)23-15-16-25-32-33(30(2,3)4,27-19-11-7-12-20-27)28-21-13-8-14-22-28/h5-22,29H,1,23-25H2,2-4H3/b16-15+/t29-/m1/s1. The van der Waals surface area contributed by atoms with Crippen LogP contribution in [-0.4, -0.2) is 21.5 Å². The van der Waals surface area contributed by atoms with Gasteiger partial charge in [-0.05, 0) is 27.4 Å². The fraction of sp³-hybridized carbons (Fsp3) is 0.267. The molecule has 0 aliphatic rings. The van der Waals surface area contributed by atoms with Gasteiger partial charge in [0.2, 0.25) is 0 Å². The first-order chi connectivity index (χ1) is 16.0. The molecule has 0 bridgehead atoms. The molecule has 0 unspecified atom stereocenters. The summed E-state index contributed by atoms with van der Waals surface area (Å²) in [4.78, 5) is 0. The first kappa shape index (κ1) is 24.9. The Bertz CT molecular complexity index is 952. The summed E-state index contributed by atoms with van der Waals surface area (Å²) in [6.07, 6.45) is 6.92. The highest BCUT2D eigenvalue weighted by Gasteiger charge is 2.49. The minimum atomic E-state index is -2.51. The first-order valence-corrected chi connectivity index (χ1v) is 13.6. The van der Waals surface area contributed by atoms with Gasteiger partial charge in [-0.15, -0.1) is 6.58 Å². The topological polar surface area (TPSA) is 18.5 Å². The molecule has 3 aromatic rings. The van der Waals surface area contributed by atoms with Crippen molar-refractivity contribution in [2.75, 3.05) is 13.2 Å². The molecule has 1 atom stereocenters. The maximum atomic E-state index is 6.93. The highest BCUT2D eigenvalue weighted by Crippen LogP contribution is 2.36. The summed E-state index contributed by atoms with van der Waals surface area (Å²) in [5.41, 5.74) is 1.18. The molecule has 3 aromatic carbocycles. The molecule has 0 aliphatic heterocycles. The van der Waals surface area contributed by atoms with Crippen LogP contribution in [0.25, 0.3) is 0 Å². The quantitative estimate of drug-likeness (QED) is 0.244. The Labute approximate surface area is 200 Å². The smallest absolute Gasteiger partial charge is 0.261 e. The highest BCUT2D eigenvalue weighted by molar-refractivity contribution is 6.99. The summed E-state index contributed by atoms with van der Waals surface area (Å²) in [6.45, 7) is 11.8. The highest BCUT2D eigenvalue weighted by atomic mass is 28.4. The van der Waals surface area contributed by atoms with Gasteiger partial charge in [-0.25, -0.2) is 0 Å². The average Bonchev–Trinajstić information content (AvgIpc) is 2.84. The third-order valence-electron chi connectivity index (χ3n) is 5.92. The summed E-state index contributed by atoms with van der Waals surface area (Å²) in [5, 5.41) is 2.57. The van der Waals surface area contributed by atoms with Gasteiger partial charge in [0.1, 0.15) is 0 Å². The van der Waals surface area contributed by atoms with E-state index in [-0.39, 0.29) is 11.1 Å². The molecule has 2 nitrogen and oxygen atoms in total.